The van der Waals surface area contributed by atoms with Crippen molar-refractivity contribution in [3.8, 4) is 5.75 Å². The number of hydrogen-bond acceptors (Lipinski definition) is 3. The molecule has 0 amide bonds. The monoisotopic (exact) mass is 274 g/mol. The zero-order valence-electron chi connectivity index (χ0n) is 8.66. The van der Waals surface area contributed by atoms with Crippen molar-refractivity contribution in [2.45, 2.75) is 20.0 Å². The van der Waals surface area contributed by atoms with Crippen molar-refractivity contribution in [2.75, 3.05) is 13.2 Å². The first-order valence-corrected chi connectivity index (χ1v) is 5.62. The molecule has 2 N–H and O–H groups in total. The predicted molar refractivity (Wildman–Crippen MR) is 62.0 cm³/mol. The maximum atomic E-state index is 9.17. The first-order chi connectivity index (χ1) is 7.19. The van der Waals surface area contributed by atoms with Gasteiger partial charge >= 0.3 is 0 Å². The van der Waals surface area contributed by atoms with Crippen LogP contribution in [0.25, 0.3) is 0 Å². The maximum Gasteiger partial charge on any atom is 0.127 e. The Bertz CT molecular complexity index is 326. The first-order valence-electron chi connectivity index (χ1n) is 4.82. The molecule has 15 heavy (non-hydrogen) atoms. The van der Waals surface area contributed by atoms with Crippen molar-refractivity contribution >= 4 is 15.9 Å². The van der Waals surface area contributed by atoms with Crippen LogP contribution in [0.3, 0.4) is 0 Å². The first kappa shape index (κ1) is 12.5. The fourth-order valence-electron chi connectivity index (χ4n) is 1.36. The highest BCUT2D eigenvalue weighted by molar-refractivity contribution is 9.10. The molecule has 4 heteroatoms. The molecule has 0 saturated heterocycles. The van der Waals surface area contributed by atoms with E-state index in [-0.39, 0.29) is 13.2 Å². The van der Waals surface area contributed by atoms with Crippen LogP contribution in [-0.2, 0) is 6.61 Å². The number of ether oxygens (including phenoxy) is 1. The van der Waals surface area contributed by atoms with Crippen LogP contribution in [0.2, 0.25) is 0 Å². The number of hydrogen-bond donors (Lipinski definition) is 2. The molecule has 1 rings (SSSR count). The van der Waals surface area contributed by atoms with E-state index < -0.39 is 0 Å². The van der Waals surface area contributed by atoms with Crippen LogP contribution in [0.15, 0.2) is 16.6 Å². The third-order valence-corrected chi connectivity index (χ3v) is 2.49. The zero-order valence-corrected chi connectivity index (χ0v) is 10.2. The Morgan fingerprint density at radius 1 is 1.33 bits per heavy atom. The average Bonchev–Trinajstić information content (AvgIpc) is 2.20. The summed E-state index contributed by atoms with van der Waals surface area (Å²) in [6.45, 7) is 2.46. The van der Waals surface area contributed by atoms with Crippen LogP contribution in [0, 0.1) is 6.92 Å². The Morgan fingerprint density at radius 3 is 2.67 bits per heavy atom. The number of benzene rings is 1. The van der Waals surface area contributed by atoms with E-state index in [2.05, 4.69) is 15.9 Å². The number of rotatable bonds is 5. The molecule has 0 atom stereocenters. The fraction of sp³-hybridized carbons (Fsp3) is 0.455. The Labute approximate surface area is 97.8 Å². The van der Waals surface area contributed by atoms with Crippen molar-refractivity contribution < 1.29 is 14.9 Å². The summed E-state index contributed by atoms with van der Waals surface area (Å²) in [5, 5.41) is 17.8. The molecule has 0 saturated carbocycles. The van der Waals surface area contributed by atoms with E-state index >= 15 is 0 Å². The van der Waals surface area contributed by atoms with Crippen LogP contribution in [0.5, 0.6) is 5.75 Å². The second kappa shape index (κ2) is 6.10. The lowest BCUT2D eigenvalue weighted by Crippen LogP contribution is -2.04. The van der Waals surface area contributed by atoms with Crippen LogP contribution in [-0.4, -0.2) is 23.4 Å². The Balaban J connectivity index is 2.84. The molecule has 1 aromatic rings. The SMILES string of the molecule is Cc1cc(Br)cc(CO)c1OCCCO. The molecule has 0 aliphatic carbocycles. The summed E-state index contributed by atoms with van der Waals surface area (Å²) in [6, 6.07) is 3.77. The van der Waals surface area contributed by atoms with Crippen LogP contribution >= 0.6 is 15.9 Å². The topological polar surface area (TPSA) is 49.7 Å². The molecule has 0 unspecified atom stereocenters. The Morgan fingerprint density at radius 2 is 2.07 bits per heavy atom. The summed E-state index contributed by atoms with van der Waals surface area (Å²) in [5.41, 5.74) is 1.74. The summed E-state index contributed by atoms with van der Waals surface area (Å²) in [4.78, 5) is 0. The number of aryl methyl sites for hydroxylation is 1. The summed E-state index contributed by atoms with van der Waals surface area (Å²) in [7, 11) is 0. The van der Waals surface area contributed by atoms with E-state index in [4.69, 9.17) is 9.84 Å². The number of halogens is 1. The second-order valence-electron chi connectivity index (χ2n) is 3.29. The van der Waals surface area contributed by atoms with Gasteiger partial charge in [0.25, 0.3) is 0 Å². The normalized spacial score (nSPS) is 10.4. The van der Waals surface area contributed by atoms with Crippen molar-refractivity contribution in [2.24, 2.45) is 0 Å². The van der Waals surface area contributed by atoms with Gasteiger partial charge in [-0.2, -0.15) is 0 Å². The predicted octanol–water partition coefficient (Wildman–Crippen LogP) is 2.01. The van der Waals surface area contributed by atoms with Gasteiger partial charge in [-0.15, -0.1) is 0 Å². The van der Waals surface area contributed by atoms with Gasteiger partial charge in [0.15, 0.2) is 0 Å². The third kappa shape index (κ3) is 3.48. The molecular formula is C11H15BrO3. The zero-order chi connectivity index (χ0) is 11.3. The van der Waals surface area contributed by atoms with Crippen molar-refractivity contribution in [3.05, 3.63) is 27.7 Å². The van der Waals surface area contributed by atoms with E-state index in [1.165, 1.54) is 0 Å². The minimum absolute atomic E-state index is 0.0469. The molecule has 0 bridgehead atoms. The Hall–Kier alpha value is -0.580. The van der Waals surface area contributed by atoms with Gasteiger partial charge in [0.2, 0.25) is 0 Å². The molecule has 0 radical (unpaired) electrons. The quantitative estimate of drug-likeness (QED) is 0.808. The van der Waals surface area contributed by atoms with Crippen molar-refractivity contribution in [1.82, 2.24) is 0 Å². The number of aliphatic hydroxyl groups is 2. The Kier molecular flexibility index (Phi) is 5.08. The fourth-order valence-corrected chi connectivity index (χ4v) is 1.98. The summed E-state index contributed by atoms with van der Waals surface area (Å²) >= 11 is 3.36. The van der Waals surface area contributed by atoms with Crippen LogP contribution in [0.4, 0.5) is 0 Å². The van der Waals surface area contributed by atoms with E-state index in [9.17, 15) is 5.11 Å². The lowest BCUT2D eigenvalue weighted by molar-refractivity contribution is 0.225. The van der Waals surface area contributed by atoms with Gasteiger partial charge in [-0.25, -0.2) is 0 Å². The van der Waals surface area contributed by atoms with Crippen LogP contribution < -0.4 is 4.74 Å². The smallest absolute Gasteiger partial charge is 0.127 e. The lowest BCUT2D eigenvalue weighted by atomic mass is 10.1. The summed E-state index contributed by atoms with van der Waals surface area (Å²) in [6.07, 6.45) is 0.598. The molecule has 1 aromatic carbocycles. The molecule has 0 spiro atoms. The summed E-state index contributed by atoms with van der Waals surface area (Å²) in [5.74, 6) is 0.717. The third-order valence-electron chi connectivity index (χ3n) is 2.04. The minimum atomic E-state index is -0.0469. The highest BCUT2D eigenvalue weighted by Crippen LogP contribution is 2.28. The highest BCUT2D eigenvalue weighted by Gasteiger charge is 2.07. The molecule has 0 aliphatic rings. The minimum Gasteiger partial charge on any atom is -0.493 e. The van der Waals surface area contributed by atoms with E-state index in [0.717, 1.165) is 15.6 Å². The van der Waals surface area contributed by atoms with Gasteiger partial charge in [0.1, 0.15) is 5.75 Å². The molecule has 0 heterocycles. The molecular weight excluding hydrogens is 260 g/mol. The van der Waals surface area contributed by atoms with Gasteiger partial charge in [0, 0.05) is 23.1 Å². The second-order valence-corrected chi connectivity index (χ2v) is 4.21. The molecule has 0 fully saturated rings. The van der Waals surface area contributed by atoms with E-state index in [0.29, 0.717) is 18.8 Å². The average molecular weight is 275 g/mol. The van der Waals surface area contributed by atoms with Crippen LogP contribution in [0.1, 0.15) is 17.5 Å². The van der Waals surface area contributed by atoms with Gasteiger partial charge in [0.05, 0.1) is 13.2 Å². The van der Waals surface area contributed by atoms with Gasteiger partial charge in [-0.3, -0.25) is 0 Å². The van der Waals surface area contributed by atoms with Gasteiger partial charge in [-0.1, -0.05) is 15.9 Å². The molecule has 0 aromatic heterocycles. The number of aliphatic hydroxyl groups excluding tert-OH is 2. The molecule has 0 aliphatic heterocycles. The van der Waals surface area contributed by atoms with E-state index in [1.807, 2.05) is 19.1 Å². The van der Waals surface area contributed by atoms with Crippen molar-refractivity contribution in [3.63, 3.8) is 0 Å². The van der Waals surface area contributed by atoms with Crippen molar-refractivity contribution in [1.29, 1.82) is 0 Å². The molecule has 3 nitrogen and oxygen atoms in total. The standard InChI is InChI=1S/C11H15BrO3/c1-8-5-10(12)6-9(7-14)11(8)15-4-2-3-13/h5-6,13-14H,2-4,7H2,1H3. The lowest BCUT2D eigenvalue weighted by Gasteiger charge is -2.13. The summed E-state index contributed by atoms with van der Waals surface area (Å²) < 4.78 is 6.44. The van der Waals surface area contributed by atoms with Gasteiger partial charge < -0.3 is 14.9 Å². The maximum absolute atomic E-state index is 9.17. The largest absolute Gasteiger partial charge is 0.493 e. The molecule has 84 valence electrons. The highest BCUT2D eigenvalue weighted by atomic mass is 79.9. The van der Waals surface area contributed by atoms with Gasteiger partial charge in [-0.05, 0) is 24.6 Å². The van der Waals surface area contributed by atoms with E-state index in [1.54, 1.807) is 0 Å².